The molecule has 2 aromatic rings. The number of nitrogens with zero attached hydrogens (tertiary/aromatic N) is 2. The van der Waals surface area contributed by atoms with Gasteiger partial charge in [-0.1, -0.05) is 6.07 Å². The summed E-state index contributed by atoms with van der Waals surface area (Å²) in [7, 11) is -1.91. The van der Waals surface area contributed by atoms with Crippen LogP contribution in [0.5, 0.6) is 0 Å². The van der Waals surface area contributed by atoms with Crippen molar-refractivity contribution in [2.45, 2.75) is 37.9 Å². The van der Waals surface area contributed by atoms with E-state index in [-0.39, 0.29) is 6.04 Å². The second kappa shape index (κ2) is 6.31. The van der Waals surface area contributed by atoms with Gasteiger partial charge in [-0.15, -0.1) is 11.3 Å². The average Bonchev–Trinajstić information content (AvgIpc) is 3.14. The fourth-order valence-corrected chi connectivity index (χ4v) is 4.52. The van der Waals surface area contributed by atoms with E-state index in [1.807, 2.05) is 35.9 Å². The maximum absolute atomic E-state index is 12.7. The standard InChI is InChI=1S/C14H21N3O2S2/c1-4-17-10-13(8-12(17)9-15)21(18,19)16(3)11(2)14-6-5-7-20-14/h5-8,10-11H,4,9,15H2,1-3H3. The molecular formula is C14H21N3O2S2. The van der Waals surface area contributed by atoms with E-state index in [9.17, 15) is 8.42 Å². The maximum Gasteiger partial charge on any atom is 0.244 e. The second-order valence-corrected chi connectivity index (χ2v) is 7.85. The van der Waals surface area contributed by atoms with Gasteiger partial charge < -0.3 is 10.3 Å². The van der Waals surface area contributed by atoms with Crippen LogP contribution in [0.3, 0.4) is 0 Å². The van der Waals surface area contributed by atoms with Crippen LogP contribution in [0.1, 0.15) is 30.5 Å². The van der Waals surface area contributed by atoms with Crippen LogP contribution in [0, 0.1) is 0 Å². The van der Waals surface area contributed by atoms with E-state index in [1.165, 1.54) is 4.31 Å². The Labute approximate surface area is 130 Å². The lowest BCUT2D eigenvalue weighted by molar-refractivity contribution is 0.403. The maximum atomic E-state index is 12.7. The summed E-state index contributed by atoms with van der Waals surface area (Å²) in [6.45, 7) is 4.89. The molecular weight excluding hydrogens is 306 g/mol. The number of hydrogen-bond acceptors (Lipinski definition) is 4. The van der Waals surface area contributed by atoms with E-state index in [1.54, 1.807) is 30.6 Å². The van der Waals surface area contributed by atoms with Crippen molar-refractivity contribution in [3.63, 3.8) is 0 Å². The zero-order valence-electron chi connectivity index (χ0n) is 12.5. The molecule has 1 atom stereocenters. The van der Waals surface area contributed by atoms with Gasteiger partial charge in [-0.3, -0.25) is 0 Å². The summed E-state index contributed by atoms with van der Waals surface area (Å²) in [6, 6.07) is 5.35. The van der Waals surface area contributed by atoms with Gasteiger partial charge in [0.25, 0.3) is 0 Å². The van der Waals surface area contributed by atoms with E-state index >= 15 is 0 Å². The van der Waals surface area contributed by atoms with Gasteiger partial charge in [-0.2, -0.15) is 4.31 Å². The molecule has 0 aliphatic rings. The Kier molecular flexibility index (Phi) is 4.88. The lowest BCUT2D eigenvalue weighted by Gasteiger charge is -2.22. The summed E-state index contributed by atoms with van der Waals surface area (Å²) in [6.07, 6.45) is 1.66. The molecule has 0 saturated heterocycles. The zero-order chi connectivity index (χ0) is 15.6. The molecule has 2 aromatic heterocycles. The molecule has 0 radical (unpaired) electrons. The van der Waals surface area contributed by atoms with E-state index < -0.39 is 10.0 Å². The van der Waals surface area contributed by atoms with Gasteiger partial charge >= 0.3 is 0 Å². The summed E-state index contributed by atoms with van der Waals surface area (Å²) < 4.78 is 28.8. The quantitative estimate of drug-likeness (QED) is 0.886. The Morgan fingerprint density at radius 3 is 2.67 bits per heavy atom. The fraction of sp³-hybridized carbons (Fsp3) is 0.429. The third-order valence-corrected chi connectivity index (χ3v) is 6.62. The van der Waals surface area contributed by atoms with Gasteiger partial charge in [0.1, 0.15) is 4.90 Å². The van der Waals surface area contributed by atoms with Crippen molar-refractivity contribution in [3.8, 4) is 0 Å². The van der Waals surface area contributed by atoms with Gasteiger partial charge in [-0.25, -0.2) is 8.42 Å². The fourth-order valence-electron chi connectivity index (χ4n) is 2.22. The highest BCUT2D eigenvalue weighted by Crippen LogP contribution is 2.29. The first kappa shape index (κ1) is 16.2. The van der Waals surface area contributed by atoms with Crippen LogP contribution in [-0.2, 0) is 23.1 Å². The molecule has 116 valence electrons. The van der Waals surface area contributed by atoms with E-state index in [0.717, 1.165) is 10.6 Å². The first-order chi connectivity index (χ1) is 9.91. The zero-order valence-corrected chi connectivity index (χ0v) is 14.1. The molecule has 0 spiro atoms. The predicted molar refractivity (Wildman–Crippen MR) is 85.7 cm³/mol. The first-order valence-electron chi connectivity index (χ1n) is 6.82. The van der Waals surface area contributed by atoms with Gasteiger partial charge in [0.05, 0.1) is 6.04 Å². The van der Waals surface area contributed by atoms with Crippen LogP contribution in [-0.4, -0.2) is 24.3 Å². The Morgan fingerprint density at radius 2 is 2.19 bits per heavy atom. The highest BCUT2D eigenvalue weighted by Gasteiger charge is 2.28. The van der Waals surface area contributed by atoms with Crippen molar-refractivity contribution in [2.24, 2.45) is 5.73 Å². The Bertz CT molecular complexity index is 668. The number of rotatable bonds is 6. The molecule has 2 N–H and O–H groups in total. The topological polar surface area (TPSA) is 68.3 Å². The van der Waals surface area contributed by atoms with Crippen LogP contribution >= 0.6 is 11.3 Å². The summed E-state index contributed by atoms with van der Waals surface area (Å²) in [5.74, 6) is 0. The van der Waals surface area contributed by atoms with Crippen LogP contribution < -0.4 is 5.73 Å². The second-order valence-electron chi connectivity index (χ2n) is 4.87. The highest BCUT2D eigenvalue weighted by molar-refractivity contribution is 7.89. The minimum absolute atomic E-state index is 0.193. The number of nitrogens with two attached hydrogens (primary N) is 1. The lowest BCUT2D eigenvalue weighted by Crippen LogP contribution is -2.29. The monoisotopic (exact) mass is 327 g/mol. The molecule has 5 nitrogen and oxygen atoms in total. The molecule has 2 rings (SSSR count). The minimum Gasteiger partial charge on any atom is -0.349 e. The van der Waals surface area contributed by atoms with E-state index in [2.05, 4.69) is 0 Å². The van der Waals surface area contributed by atoms with Crippen LogP contribution in [0.4, 0.5) is 0 Å². The largest absolute Gasteiger partial charge is 0.349 e. The minimum atomic E-state index is -3.52. The molecule has 1 unspecified atom stereocenters. The Hall–Kier alpha value is -1.15. The summed E-state index contributed by atoms with van der Waals surface area (Å²) in [4.78, 5) is 1.32. The van der Waals surface area contributed by atoms with Crippen LogP contribution in [0.15, 0.2) is 34.7 Å². The molecule has 0 amide bonds. The molecule has 0 aliphatic heterocycles. The van der Waals surface area contributed by atoms with Gasteiger partial charge in [0.2, 0.25) is 10.0 Å². The van der Waals surface area contributed by atoms with Gasteiger partial charge in [0, 0.05) is 36.9 Å². The van der Waals surface area contributed by atoms with Crippen molar-refractivity contribution in [3.05, 3.63) is 40.3 Å². The van der Waals surface area contributed by atoms with Crippen molar-refractivity contribution in [1.29, 1.82) is 0 Å². The smallest absolute Gasteiger partial charge is 0.244 e. The van der Waals surface area contributed by atoms with E-state index in [4.69, 9.17) is 5.73 Å². The normalized spacial score (nSPS) is 13.8. The number of aromatic nitrogens is 1. The molecule has 7 heteroatoms. The summed E-state index contributed by atoms with van der Waals surface area (Å²) in [5, 5.41) is 1.95. The number of thiophene rings is 1. The van der Waals surface area contributed by atoms with Crippen molar-refractivity contribution >= 4 is 21.4 Å². The Morgan fingerprint density at radius 1 is 1.48 bits per heavy atom. The van der Waals surface area contributed by atoms with Crippen molar-refractivity contribution < 1.29 is 8.42 Å². The van der Waals surface area contributed by atoms with Crippen LogP contribution in [0.2, 0.25) is 0 Å². The van der Waals surface area contributed by atoms with Crippen LogP contribution in [0.25, 0.3) is 0 Å². The van der Waals surface area contributed by atoms with Gasteiger partial charge in [0.15, 0.2) is 0 Å². The summed E-state index contributed by atoms with van der Waals surface area (Å²) in [5.41, 5.74) is 6.50. The lowest BCUT2D eigenvalue weighted by atomic mass is 10.3. The SMILES string of the molecule is CCn1cc(S(=O)(=O)N(C)C(C)c2cccs2)cc1CN. The first-order valence-corrected chi connectivity index (χ1v) is 9.14. The molecule has 0 aliphatic carbocycles. The van der Waals surface area contributed by atoms with Gasteiger partial charge in [-0.05, 0) is 31.4 Å². The van der Waals surface area contributed by atoms with E-state index in [0.29, 0.717) is 18.0 Å². The summed E-state index contributed by atoms with van der Waals surface area (Å²) >= 11 is 1.56. The molecule has 0 bridgehead atoms. The Balaban J connectivity index is 2.35. The third kappa shape index (κ3) is 3.06. The molecule has 0 fully saturated rings. The van der Waals surface area contributed by atoms with Crippen molar-refractivity contribution in [2.75, 3.05) is 7.05 Å². The molecule has 0 saturated carbocycles. The molecule has 2 heterocycles. The highest BCUT2D eigenvalue weighted by atomic mass is 32.2. The van der Waals surface area contributed by atoms with Crippen molar-refractivity contribution in [1.82, 2.24) is 8.87 Å². The number of sulfonamides is 1. The predicted octanol–water partition coefficient (Wildman–Crippen LogP) is 2.41. The molecule has 21 heavy (non-hydrogen) atoms. The number of aryl methyl sites for hydroxylation is 1. The molecule has 0 aromatic carbocycles. The third-order valence-electron chi connectivity index (χ3n) is 3.69. The average molecular weight is 327 g/mol. The number of hydrogen-bond donors (Lipinski definition) is 1.